The number of nitrogens with one attached hydrogen (secondary N) is 1. The van der Waals surface area contributed by atoms with Crippen LogP contribution in [-0.2, 0) is 9.59 Å². The fourth-order valence-electron chi connectivity index (χ4n) is 4.30. The van der Waals surface area contributed by atoms with Gasteiger partial charge in [-0.2, -0.15) is 0 Å². The molecule has 4 atom stereocenters. The molecule has 2 aliphatic carbocycles. The summed E-state index contributed by atoms with van der Waals surface area (Å²) in [6.45, 7) is 1.45. The molecule has 0 aromatic heterocycles. The first-order chi connectivity index (χ1) is 9.13. The van der Waals surface area contributed by atoms with Gasteiger partial charge in [0.1, 0.15) is 0 Å². The first-order valence-electron chi connectivity index (χ1n) is 7.65. The van der Waals surface area contributed by atoms with E-state index in [-0.39, 0.29) is 17.7 Å². The lowest BCUT2D eigenvalue weighted by Gasteiger charge is -2.31. The van der Waals surface area contributed by atoms with E-state index in [1.807, 2.05) is 11.9 Å². The van der Waals surface area contributed by atoms with Crippen LogP contribution in [0.2, 0.25) is 0 Å². The zero-order valence-electron chi connectivity index (χ0n) is 11.7. The molecular weight excluding hydrogens is 240 g/mol. The monoisotopic (exact) mass is 264 g/mol. The van der Waals surface area contributed by atoms with Crippen LogP contribution in [0, 0.1) is 23.7 Å². The Labute approximate surface area is 114 Å². The van der Waals surface area contributed by atoms with E-state index in [0.29, 0.717) is 19.4 Å². The number of rotatable bonds is 3. The summed E-state index contributed by atoms with van der Waals surface area (Å²) in [5.41, 5.74) is 0. The van der Waals surface area contributed by atoms with E-state index in [1.54, 1.807) is 0 Å². The minimum Gasteiger partial charge on any atom is -0.355 e. The molecule has 2 saturated carbocycles. The molecule has 0 radical (unpaired) electrons. The van der Waals surface area contributed by atoms with Gasteiger partial charge in [-0.1, -0.05) is 6.42 Å². The smallest absolute Gasteiger partial charge is 0.227 e. The van der Waals surface area contributed by atoms with Crippen molar-refractivity contribution in [1.82, 2.24) is 10.2 Å². The van der Waals surface area contributed by atoms with Crippen LogP contribution < -0.4 is 5.32 Å². The summed E-state index contributed by atoms with van der Waals surface area (Å²) in [7, 11) is 1.94. The molecule has 1 N–H and O–H groups in total. The van der Waals surface area contributed by atoms with E-state index >= 15 is 0 Å². The SMILES string of the molecule is CN(CC1CC2CCC1C2)C(=O)C1CCC(=O)NC1. The van der Waals surface area contributed by atoms with Crippen LogP contribution in [0.1, 0.15) is 38.5 Å². The zero-order chi connectivity index (χ0) is 13.4. The van der Waals surface area contributed by atoms with Gasteiger partial charge in [-0.25, -0.2) is 0 Å². The molecule has 3 aliphatic rings. The highest BCUT2D eigenvalue weighted by Crippen LogP contribution is 2.48. The topological polar surface area (TPSA) is 49.4 Å². The van der Waals surface area contributed by atoms with Crippen LogP contribution in [0.5, 0.6) is 0 Å². The van der Waals surface area contributed by atoms with Gasteiger partial charge in [-0.15, -0.1) is 0 Å². The lowest BCUT2D eigenvalue weighted by Crippen LogP contribution is -2.45. The third-order valence-electron chi connectivity index (χ3n) is 5.38. The number of nitrogens with zero attached hydrogens (tertiary/aromatic N) is 1. The summed E-state index contributed by atoms with van der Waals surface area (Å²) >= 11 is 0. The van der Waals surface area contributed by atoms with Gasteiger partial charge in [0.25, 0.3) is 0 Å². The van der Waals surface area contributed by atoms with Crippen LogP contribution in [0.4, 0.5) is 0 Å². The van der Waals surface area contributed by atoms with Crippen molar-refractivity contribution >= 4 is 11.8 Å². The molecule has 19 heavy (non-hydrogen) atoms. The van der Waals surface area contributed by atoms with Gasteiger partial charge in [0, 0.05) is 26.6 Å². The maximum Gasteiger partial charge on any atom is 0.227 e. The molecule has 3 rings (SSSR count). The first-order valence-corrected chi connectivity index (χ1v) is 7.65. The number of carbonyl (C=O) groups excluding carboxylic acids is 2. The Hall–Kier alpha value is -1.06. The molecule has 106 valence electrons. The zero-order valence-corrected chi connectivity index (χ0v) is 11.7. The molecule has 4 heteroatoms. The lowest BCUT2D eigenvalue weighted by molar-refractivity contribution is -0.137. The Morgan fingerprint density at radius 2 is 2.16 bits per heavy atom. The van der Waals surface area contributed by atoms with Gasteiger partial charge in [0.2, 0.25) is 11.8 Å². The van der Waals surface area contributed by atoms with Crippen molar-refractivity contribution in [2.45, 2.75) is 38.5 Å². The van der Waals surface area contributed by atoms with E-state index in [1.165, 1.54) is 25.7 Å². The third kappa shape index (κ3) is 2.63. The molecule has 3 fully saturated rings. The molecule has 2 bridgehead atoms. The van der Waals surface area contributed by atoms with E-state index < -0.39 is 0 Å². The highest BCUT2D eigenvalue weighted by molar-refractivity contribution is 5.83. The van der Waals surface area contributed by atoms with Crippen LogP contribution in [-0.4, -0.2) is 36.9 Å². The minimum absolute atomic E-state index is 0.00119. The van der Waals surface area contributed by atoms with Crippen molar-refractivity contribution in [3.63, 3.8) is 0 Å². The summed E-state index contributed by atoms with van der Waals surface area (Å²) in [6.07, 6.45) is 6.71. The normalized spacial score (nSPS) is 37.2. The van der Waals surface area contributed by atoms with Gasteiger partial charge in [0.15, 0.2) is 0 Å². The van der Waals surface area contributed by atoms with Crippen molar-refractivity contribution in [2.24, 2.45) is 23.7 Å². The third-order valence-corrected chi connectivity index (χ3v) is 5.38. The van der Waals surface area contributed by atoms with Gasteiger partial charge in [-0.3, -0.25) is 9.59 Å². The van der Waals surface area contributed by atoms with E-state index in [0.717, 1.165) is 24.3 Å². The molecule has 0 aromatic carbocycles. The predicted molar refractivity (Wildman–Crippen MR) is 72.3 cm³/mol. The van der Waals surface area contributed by atoms with Gasteiger partial charge < -0.3 is 10.2 Å². The molecule has 4 nitrogen and oxygen atoms in total. The standard InChI is InChI=1S/C15H24N2O2/c1-17(9-13-7-10-2-3-11(13)6-10)15(19)12-4-5-14(18)16-8-12/h10-13H,2-9H2,1H3,(H,16,18). The average molecular weight is 264 g/mol. The molecule has 0 spiro atoms. The Morgan fingerprint density at radius 3 is 2.74 bits per heavy atom. The second kappa shape index (κ2) is 5.14. The Bertz CT molecular complexity index is 372. The largest absolute Gasteiger partial charge is 0.355 e. The number of fused-ring (bicyclic) bond motifs is 2. The van der Waals surface area contributed by atoms with Crippen LogP contribution in [0.3, 0.4) is 0 Å². The van der Waals surface area contributed by atoms with E-state index in [2.05, 4.69) is 5.32 Å². The maximum atomic E-state index is 12.4. The van der Waals surface area contributed by atoms with Crippen LogP contribution >= 0.6 is 0 Å². The number of hydrogen-bond donors (Lipinski definition) is 1. The predicted octanol–water partition coefficient (Wildman–Crippen LogP) is 1.41. The molecule has 1 heterocycles. The molecule has 4 unspecified atom stereocenters. The van der Waals surface area contributed by atoms with Gasteiger partial charge in [-0.05, 0) is 43.4 Å². The summed E-state index contributed by atoms with van der Waals surface area (Å²) in [4.78, 5) is 25.4. The summed E-state index contributed by atoms with van der Waals surface area (Å²) < 4.78 is 0. The number of piperidine rings is 1. The van der Waals surface area contributed by atoms with E-state index in [4.69, 9.17) is 0 Å². The van der Waals surface area contributed by atoms with Crippen molar-refractivity contribution < 1.29 is 9.59 Å². The molecule has 2 amide bonds. The fourth-order valence-corrected chi connectivity index (χ4v) is 4.30. The maximum absolute atomic E-state index is 12.4. The van der Waals surface area contributed by atoms with Gasteiger partial charge >= 0.3 is 0 Å². The highest BCUT2D eigenvalue weighted by atomic mass is 16.2. The molecule has 0 aromatic rings. The number of carbonyl (C=O) groups is 2. The van der Waals surface area contributed by atoms with Gasteiger partial charge in [0.05, 0.1) is 5.92 Å². The van der Waals surface area contributed by atoms with Crippen molar-refractivity contribution in [1.29, 1.82) is 0 Å². The Kier molecular flexibility index (Phi) is 3.50. The Morgan fingerprint density at radius 1 is 1.32 bits per heavy atom. The summed E-state index contributed by atoms with van der Waals surface area (Å²) in [5.74, 6) is 2.84. The second-order valence-corrected chi connectivity index (χ2v) is 6.69. The number of hydrogen-bond acceptors (Lipinski definition) is 2. The molecular formula is C15H24N2O2. The highest BCUT2D eigenvalue weighted by Gasteiger charge is 2.40. The first kappa shape index (κ1) is 12.9. The van der Waals surface area contributed by atoms with Crippen molar-refractivity contribution in [2.75, 3.05) is 20.1 Å². The molecule has 1 saturated heterocycles. The van der Waals surface area contributed by atoms with E-state index in [9.17, 15) is 9.59 Å². The minimum atomic E-state index is 0.00119. The second-order valence-electron chi connectivity index (χ2n) is 6.69. The lowest BCUT2D eigenvalue weighted by atomic mass is 9.88. The Balaban J connectivity index is 1.51. The quantitative estimate of drug-likeness (QED) is 0.838. The summed E-state index contributed by atoms with van der Waals surface area (Å²) in [5, 5.41) is 2.80. The fraction of sp³-hybridized carbons (Fsp3) is 0.867. The van der Waals surface area contributed by atoms with Crippen LogP contribution in [0.25, 0.3) is 0 Å². The molecule has 1 aliphatic heterocycles. The van der Waals surface area contributed by atoms with Crippen molar-refractivity contribution in [3.05, 3.63) is 0 Å². The van der Waals surface area contributed by atoms with Crippen molar-refractivity contribution in [3.8, 4) is 0 Å². The number of amides is 2. The summed E-state index contributed by atoms with van der Waals surface area (Å²) in [6, 6.07) is 0. The average Bonchev–Trinajstić information content (AvgIpc) is 3.01. The van der Waals surface area contributed by atoms with Crippen LogP contribution in [0.15, 0.2) is 0 Å².